The molecule has 0 spiro atoms. The molecule has 1 aliphatic rings. The summed E-state index contributed by atoms with van der Waals surface area (Å²) in [6.07, 6.45) is 5.49. The normalized spacial score (nSPS) is 16.9. The number of nitrogens with one attached hydrogen (secondary N) is 1. The van der Waals surface area contributed by atoms with E-state index < -0.39 is 0 Å². The van der Waals surface area contributed by atoms with Crippen LogP contribution in [0.5, 0.6) is 0 Å². The number of thioether (sulfide) groups is 2. The fourth-order valence-corrected chi connectivity index (χ4v) is 4.58. The van der Waals surface area contributed by atoms with E-state index in [0.29, 0.717) is 0 Å². The first-order valence-corrected chi connectivity index (χ1v) is 9.70. The molecule has 0 saturated heterocycles. The summed E-state index contributed by atoms with van der Waals surface area (Å²) >= 11 is 3.65. The summed E-state index contributed by atoms with van der Waals surface area (Å²) in [5.74, 6) is 1.19. The summed E-state index contributed by atoms with van der Waals surface area (Å²) in [5.41, 5.74) is 1.25. The lowest BCUT2D eigenvalue weighted by molar-refractivity contribution is -0.120. The van der Waals surface area contributed by atoms with Crippen molar-refractivity contribution in [3.05, 3.63) is 29.8 Å². The van der Waals surface area contributed by atoms with E-state index in [9.17, 15) is 4.79 Å². The molecule has 0 bridgehead atoms. The number of benzene rings is 1. The molecule has 0 aromatic heterocycles. The van der Waals surface area contributed by atoms with Crippen molar-refractivity contribution < 1.29 is 4.79 Å². The first kappa shape index (κ1) is 16.8. The van der Waals surface area contributed by atoms with Gasteiger partial charge < -0.3 is 5.32 Å². The van der Waals surface area contributed by atoms with E-state index in [0.717, 1.165) is 22.4 Å². The second kappa shape index (κ2) is 8.74. The van der Waals surface area contributed by atoms with Gasteiger partial charge in [0.2, 0.25) is 5.91 Å². The predicted molar refractivity (Wildman–Crippen MR) is 94.2 cm³/mol. The number of carbonyl (C=O) groups is 1. The zero-order valence-electron chi connectivity index (χ0n) is 12.9. The molecule has 0 unspecified atom stereocenters. The number of rotatable bonds is 7. The minimum atomic E-state index is -0.0378. The Bertz CT molecular complexity index is 441. The molecule has 1 amide bonds. The van der Waals surface area contributed by atoms with Gasteiger partial charge in [-0.15, -0.1) is 11.8 Å². The second-order valence-electron chi connectivity index (χ2n) is 5.64. The Labute approximate surface area is 136 Å². The van der Waals surface area contributed by atoms with Gasteiger partial charge >= 0.3 is 0 Å². The maximum Gasteiger partial charge on any atom is 0.233 e. The molecule has 1 aromatic carbocycles. The molecule has 1 saturated carbocycles. The van der Waals surface area contributed by atoms with Crippen LogP contribution in [0.3, 0.4) is 0 Å². The Kier molecular flexibility index (Phi) is 6.97. The Hall–Kier alpha value is -0.610. The monoisotopic (exact) mass is 323 g/mol. The first-order valence-electron chi connectivity index (χ1n) is 7.78. The fourth-order valence-electron chi connectivity index (χ4n) is 2.47. The molecule has 0 aliphatic heterocycles. The number of amides is 1. The van der Waals surface area contributed by atoms with E-state index in [4.69, 9.17) is 0 Å². The van der Waals surface area contributed by atoms with Crippen LogP contribution in [-0.4, -0.2) is 28.7 Å². The van der Waals surface area contributed by atoms with Crippen molar-refractivity contribution in [3.63, 3.8) is 0 Å². The second-order valence-corrected chi connectivity index (χ2v) is 8.46. The third-order valence-corrected chi connectivity index (χ3v) is 6.25. The number of aryl methyl sites for hydroxylation is 1. The standard InChI is InChI=1S/C17H25NOS2/c1-13-7-9-16(10-8-13)21-14(2)17(19)18-11-12-20-15-5-3-4-6-15/h7-10,14-15H,3-6,11-12H2,1-2H3,(H,18,19)/t14-/m0/s1. The first-order chi connectivity index (χ1) is 10.1. The van der Waals surface area contributed by atoms with Crippen LogP contribution < -0.4 is 5.32 Å². The molecule has 21 heavy (non-hydrogen) atoms. The zero-order chi connectivity index (χ0) is 15.1. The highest BCUT2D eigenvalue weighted by Crippen LogP contribution is 2.29. The van der Waals surface area contributed by atoms with Gasteiger partial charge in [0.1, 0.15) is 0 Å². The highest BCUT2D eigenvalue weighted by molar-refractivity contribution is 8.00. The van der Waals surface area contributed by atoms with Crippen molar-refractivity contribution in [1.29, 1.82) is 0 Å². The molecule has 1 aromatic rings. The summed E-state index contributed by atoms with van der Waals surface area (Å²) < 4.78 is 0. The highest BCUT2D eigenvalue weighted by atomic mass is 32.2. The van der Waals surface area contributed by atoms with Gasteiger partial charge in [-0.1, -0.05) is 30.5 Å². The van der Waals surface area contributed by atoms with Crippen molar-refractivity contribution in [1.82, 2.24) is 5.32 Å². The van der Waals surface area contributed by atoms with Crippen LogP contribution in [0.4, 0.5) is 0 Å². The van der Waals surface area contributed by atoms with E-state index in [2.05, 4.69) is 36.5 Å². The molecule has 4 heteroatoms. The smallest absolute Gasteiger partial charge is 0.233 e. The molecular weight excluding hydrogens is 298 g/mol. The fraction of sp³-hybridized carbons (Fsp3) is 0.588. The number of hydrogen-bond donors (Lipinski definition) is 1. The van der Waals surface area contributed by atoms with Crippen LogP contribution in [-0.2, 0) is 4.79 Å². The average Bonchev–Trinajstić information content (AvgIpc) is 2.99. The lowest BCUT2D eigenvalue weighted by Gasteiger charge is -2.13. The molecule has 1 N–H and O–H groups in total. The number of carbonyl (C=O) groups excluding carboxylic acids is 1. The van der Waals surface area contributed by atoms with Gasteiger partial charge in [0.25, 0.3) is 0 Å². The topological polar surface area (TPSA) is 29.1 Å². The summed E-state index contributed by atoms with van der Waals surface area (Å²) in [5, 5.41) is 3.85. The molecule has 116 valence electrons. The van der Waals surface area contributed by atoms with Crippen molar-refractivity contribution >= 4 is 29.4 Å². The van der Waals surface area contributed by atoms with Gasteiger partial charge in [0, 0.05) is 22.4 Å². The van der Waals surface area contributed by atoms with Crippen LogP contribution in [0.25, 0.3) is 0 Å². The van der Waals surface area contributed by atoms with E-state index >= 15 is 0 Å². The van der Waals surface area contributed by atoms with Crippen LogP contribution in [0.15, 0.2) is 29.2 Å². The Morgan fingerprint density at radius 1 is 1.29 bits per heavy atom. The zero-order valence-corrected chi connectivity index (χ0v) is 14.6. The molecular formula is C17H25NOS2. The lowest BCUT2D eigenvalue weighted by Crippen LogP contribution is -2.32. The molecule has 1 atom stereocenters. The highest BCUT2D eigenvalue weighted by Gasteiger charge is 2.16. The molecule has 2 nitrogen and oxygen atoms in total. The van der Waals surface area contributed by atoms with Gasteiger partial charge in [-0.25, -0.2) is 0 Å². The molecule has 2 rings (SSSR count). The van der Waals surface area contributed by atoms with Crippen LogP contribution in [0.2, 0.25) is 0 Å². The largest absolute Gasteiger partial charge is 0.354 e. The van der Waals surface area contributed by atoms with E-state index in [1.807, 2.05) is 18.7 Å². The summed E-state index contributed by atoms with van der Waals surface area (Å²) in [7, 11) is 0. The summed E-state index contributed by atoms with van der Waals surface area (Å²) in [4.78, 5) is 13.2. The maximum absolute atomic E-state index is 12.1. The van der Waals surface area contributed by atoms with Gasteiger partial charge in [-0.05, 0) is 38.8 Å². The van der Waals surface area contributed by atoms with E-state index in [1.165, 1.54) is 31.2 Å². The summed E-state index contributed by atoms with van der Waals surface area (Å²) in [6, 6.07) is 8.34. The third-order valence-electron chi connectivity index (χ3n) is 3.76. The average molecular weight is 324 g/mol. The maximum atomic E-state index is 12.1. The molecule has 0 radical (unpaired) electrons. The van der Waals surface area contributed by atoms with Crippen LogP contribution in [0.1, 0.15) is 38.2 Å². The van der Waals surface area contributed by atoms with Gasteiger partial charge in [0.15, 0.2) is 0 Å². The number of hydrogen-bond acceptors (Lipinski definition) is 3. The van der Waals surface area contributed by atoms with E-state index in [1.54, 1.807) is 11.8 Å². The Balaban J connectivity index is 1.63. The van der Waals surface area contributed by atoms with Crippen molar-refractivity contribution in [2.24, 2.45) is 0 Å². The minimum Gasteiger partial charge on any atom is -0.354 e. The predicted octanol–water partition coefficient (Wildman–Crippen LogP) is 4.27. The Morgan fingerprint density at radius 2 is 1.95 bits per heavy atom. The Morgan fingerprint density at radius 3 is 2.62 bits per heavy atom. The molecule has 0 heterocycles. The third kappa shape index (κ3) is 5.95. The van der Waals surface area contributed by atoms with Crippen molar-refractivity contribution in [3.8, 4) is 0 Å². The van der Waals surface area contributed by atoms with Crippen molar-refractivity contribution in [2.45, 2.75) is 54.9 Å². The van der Waals surface area contributed by atoms with Gasteiger partial charge in [-0.2, -0.15) is 11.8 Å². The van der Waals surface area contributed by atoms with Gasteiger partial charge in [0.05, 0.1) is 5.25 Å². The van der Waals surface area contributed by atoms with Gasteiger partial charge in [-0.3, -0.25) is 4.79 Å². The molecule has 1 aliphatic carbocycles. The SMILES string of the molecule is Cc1ccc(S[C@@H](C)C(=O)NCCSC2CCCC2)cc1. The van der Waals surface area contributed by atoms with Crippen LogP contribution >= 0.6 is 23.5 Å². The van der Waals surface area contributed by atoms with Crippen LogP contribution in [0, 0.1) is 6.92 Å². The van der Waals surface area contributed by atoms with E-state index in [-0.39, 0.29) is 11.2 Å². The van der Waals surface area contributed by atoms with Crippen molar-refractivity contribution in [2.75, 3.05) is 12.3 Å². The molecule has 1 fully saturated rings. The lowest BCUT2D eigenvalue weighted by atomic mass is 10.2. The minimum absolute atomic E-state index is 0.0378. The summed E-state index contributed by atoms with van der Waals surface area (Å²) in [6.45, 7) is 4.84. The quantitative estimate of drug-likeness (QED) is 0.600.